The fourth-order valence-corrected chi connectivity index (χ4v) is 13.6. The van der Waals surface area contributed by atoms with Gasteiger partial charge in [0.1, 0.15) is 28.9 Å². The second-order valence-electron chi connectivity index (χ2n) is 24.5. The van der Waals surface area contributed by atoms with Crippen LogP contribution in [0, 0.1) is 21.4 Å². The van der Waals surface area contributed by atoms with E-state index < -0.39 is 61.1 Å². The van der Waals surface area contributed by atoms with E-state index in [4.69, 9.17) is 30.5 Å². The minimum atomic E-state index is -4.64. The first-order valence-electron chi connectivity index (χ1n) is 31.2. The maximum atomic E-state index is 14.2. The molecule has 0 radical (unpaired) electrons. The highest BCUT2D eigenvalue weighted by Crippen LogP contribution is 2.44. The van der Waals surface area contributed by atoms with Gasteiger partial charge < -0.3 is 44.4 Å². The number of ether oxygens (including phenoxy) is 4. The first-order chi connectivity index (χ1) is 44.4. The number of imide groups is 2. The van der Waals surface area contributed by atoms with Crippen LogP contribution < -0.4 is 30.3 Å². The lowest BCUT2D eigenvalue weighted by atomic mass is 9.72. The summed E-state index contributed by atoms with van der Waals surface area (Å²) in [4.78, 5) is 91.4. The van der Waals surface area contributed by atoms with Crippen molar-refractivity contribution in [3.8, 4) is 11.5 Å². The van der Waals surface area contributed by atoms with E-state index in [-0.39, 0.29) is 52.3 Å². The van der Waals surface area contributed by atoms with Crippen molar-refractivity contribution in [3.63, 3.8) is 0 Å². The molecule has 5 amide bonds. The van der Waals surface area contributed by atoms with Gasteiger partial charge in [-0.2, -0.15) is 0 Å². The molecule has 11 rings (SSSR count). The Labute approximate surface area is 538 Å². The van der Waals surface area contributed by atoms with Crippen molar-refractivity contribution in [2.75, 3.05) is 121 Å². The van der Waals surface area contributed by atoms with Crippen LogP contribution in [0.25, 0.3) is 16.6 Å². The Morgan fingerprint density at radius 1 is 0.804 bits per heavy atom. The van der Waals surface area contributed by atoms with Crippen LogP contribution in [0.3, 0.4) is 0 Å². The zero-order chi connectivity index (χ0) is 64.5. The van der Waals surface area contributed by atoms with Gasteiger partial charge in [0.25, 0.3) is 33.4 Å². The normalized spacial score (nSPS) is 18.3. The Hall–Kier alpha value is -8.30. The third-order valence-electron chi connectivity index (χ3n) is 17.7. The van der Waals surface area contributed by atoms with Crippen molar-refractivity contribution in [3.05, 3.63) is 146 Å². The Morgan fingerprint density at radius 3 is 2.30 bits per heavy atom. The van der Waals surface area contributed by atoms with E-state index in [1.54, 1.807) is 36.5 Å². The van der Waals surface area contributed by atoms with Crippen molar-refractivity contribution in [1.82, 2.24) is 34.7 Å². The molecule has 4 aromatic carbocycles. The summed E-state index contributed by atoms with van der Waals surface area (Å²) < 4.78 is 53.6. The number of carbonyl (C=O) groups is 5. The molecule has 6 heterocycles. The third kappa shape index (κ3) is 15.8. The number of halogens is 1. The number of piperazine rings is 1. The first-order valence-corrected chi connectivity index (χ1v) is 33.1. The van der Waals surface area contributed by atoms with Gasteiger partial charge in [-0.25, -0.2) is 18.1 Å². The number of nitro groups is 1. The Bertz CT molecular complexity index is 3880. The van der Waals surface area contributed by atoms with E-state index in [1.807, 2.05) is 18.2 Å². The van der Waals surface area contributed by atoms with E-state index in [1.165, 1.54) is 47.2 Å². The smallest absolute Gasteiger partial charge is 0.293 e. The molecule has 0 bridgehead atoms. The van der Waals surface area contributed by atoms with Crippen LogP contribution in [0.5, 0.6) is 11.5 Å². The zero-order valence-electron chi connectivity index (χ0n) is 51.5. The third-order valence-corrected chi connectivity index (χ3v) is 19.2. The number of likely N-dealkylation sites (tertiary alicyclic amines) is 1. The van der Waals surface area contributed by atoms with Crippen LogP contribution in [0.1, 0.15) is 95.4 Å². The summed E-state index contributed by atoms with van der Waals surface area (Å²) in [6.07, 6.45) is 8.19. The maximum Gasteiger partial charge on any atom is 0.293 e. The van der Waals surface area contributed by atoms with Gasteiger partial charge in [-0.3, -0.25) is 49.2 Å². The molecule has 3 saturated heterocycles. The second-order valence-corrected chi connectivity index (χ2v) is 26.7. The van der Waals surface area contributed by atoms with E-state index in [9.17, 15) is 42.5 Å². The fourth-order valence-electron chi connectivity index (χ4n) is 12.5. The summed E-state index contributed by atoms with van der Waals surface area (Å²) in [5.74, 6) is -2.60. The first kappa shape index (κ1) is 65.2. The number of hydrogen-bond donors (Lipinski definition) is 5. The number of sulfonamides is 1. The number of nitro benzene ring substituents is 1. The molecular formula is C66H76ClN11O13S. The Kier molecular flexibility index (Phi) is 20.6. The van der Waals surface area contributed by atoms with Gasteiger partial charge in [-0.15, -0.1) is 0 Å². The van der Waals surface area contributed by atoms with Gasteiger partial charge in [-0.05, 0) is 135 Å². The average Bonchev–Trinajstić information content (AvgIpc) is 1.58. The van der Waals surface area contributed by atoms with E-state index in [2.05, 4.69) is 71.3 Å². The lowest BCUT2D eigenvalue weighted by Gasteiger charge is -2.39. The molecule has 0 spiro atoms. The molecule has 2 aromatic heterocycles. The van der Waals surface area contributed by atoms with Gasteiger partial charge in [0, 0.05) is 98.9 Å². The largest absolute Gasteiger partial charge is 0.455 e. The summed E-state index contributed by atoms with van der Waals surface area (Å²) in [5.41, 5.74) is 6.17. The lowest BCUT2D eigenvalue weighted by molar-refractivity contribution is -0.384. The summed E-state index contributed by atoms with van der Waals surface area (Å²) in [7, 11) is -4.64. The number of benzene rings is 4. The second kappa shape index (κ2) is 29.1. The Balaban J connectivity index is 0.608. The van der Waals surface area contributed by atoms with Gasteiger partial charge >= 0.3 is 0 Å². The minimum Gasteiger partial charge on any atom is -0.455 e. The van der Waals surface area contributed by atoms with Crippen LogP contribution >= 0.6 is 11.6 Å². The van der Waals surface area contributed by atoms with Gasteiger partial charge in [0.15, 0.2) is 0 Å². The van der Waals surface area contributed by atoms with Crippen LogP contribution in [0.2, 0.25) is 5.02 Å². The number of H-pyrrole nitrogens is 1. The number of nitrogens with one attached hydrogen (secondary N) is 5. The average molecular weight is 1300 g/mol. The molecule has 486 valence electrons. The summed E-state index contributed by atoms with van der Waals surface area (Å²) >= 11 is 6.27. The zero-order valence-corrected chi connectivity index (χ0v) is 53.1. The highest BCUT2D eigenvalue weighted by molar-refractivity contribution is 7.90. The number of aromatic nitrogens is 2. The Morgan fingerprint density at radius 2 is 1.55 bits per heavy atom. The minimum absolute atomic E-state index is 0.0402. The number of aromatic amines is 1. The van der Waals surface area contributed by atoms with Crippen LogP contribution in [-0.4, -0.2) is 179 Å². The van der Waals surface area contributed by atoms with Crippen LogP contribution in [0.15, 0.2) is 114 Å². The molecule has 6 aromatic rings. The number of carbonyl (C=O) groups excluding carboxylic acids is 5. The number of pyridine rings is 1. The van der Waals surface area contributed by atoms with Crippen molar-refractivity contribution >= 4 is 90.5 Å². The standard InChI is InChI=1S/C66H76ClN11O13S/c1-66(2)20-16-46(53(39-66)44-6-8-47(67)9-7-44)42-75-25-27-76(28-26-75)48-10-12-51(58(37-48)91-49-36-45-17-21-69-61(45)71-41-49)62(80)73-92(86,87)50-11-13-54(57(38-50)78(84)85)70-40-43-18-23-74(24-19-43)29-31-89-33-35-90-34-32-88-30-22-68-55-5-3-4-52-60(55)65(83)77(64(52)82)56-14-15-59(79)72-63(56)81/h3-13,17,21,36-38,41,43,56,68,70H,14-16,18-20,22-35,39-40,42H2,1-2H3,(H,69,71)(H,73,80)(H,72,79,81). The molecule has 26 heteroatoms. The van der Waals surface area contributed by atoms with E-state index >= 15 is 0 Å². The molecule has 92 heavy (non-hydrogen) atoms. The van der Waals surface area contributed by atoms with Gasteiger partial charge in [0.05, 0.1) is 72.3 Å². The van der Waals surface area contributed by atoms with Crippen molar-refractivity contribution in [2.45, 2.75) is 69.7 Å². The van der Waals surface area contributed by atoms with E-state index in [0.29, 0.717) is 87.9 Å². The molecule has 4 aliphatic heterocycles. The molecule has 1 unspecified atom stereocenters. The van der Waals surface area contributed by atoms with Gasteiger partial charge in [0.2, 0.25) is 11.8 Å². The van der Waals surface area contributed by atoms with Crippen LogP contribution in [0.4, 0.5) is 22.7 Å². The van der Waals surface area contributed by atoms with Gasteiger partial charge in [-0.1, -0.05) is 49.2 Å². The van der Waals surface area contributed by atoms with Crippen LogP contribution in [-0.2, 0) is 33.8 Å². The molecule has 5 aliphatic rings. The fraction of sp³-hybridized carbons (Fsp3) is 0.424. The number of anilines is 3. The monoisotopic (exact) mass is 1300 g/mol. The lowest BCUT2D eigenvalue weighted by Crippen LogP contribution is -2.54. The number of amides is 5. The predicted molar refractivity (Wildman–Crippen MR) is 347 cm³/mol. The molecule has 0 saturated carbocycles. The number of fused-ring (bicyclic) bond motifs is 2. The topological polar surface area (TPSA) is 289 Å². The number of rotatable bonds is 27. The van der Waals surface area contributed by atoms with Crippen molar-refractivity contribution in [2.24, 2.45) is 11.3 Å². The molecule has 24 nitrogen and oxygen atoms in total. The number of allylic oxidation sites excluding steroid dienone is 1. The molecule has 1 atom stereocenters. The molecule has 3 fully saturated rings. The summed E-state index contributed by atoms with van der Waals surface area (Å²) in [6, 6.07) is 24.2. The van der Waals surface area contributed by atoms with E-state index in [0.717, 1.165) is 93.4 Å². The van der Waals surface area contributed by atoms with Crippen molar-refractivity contribution < 1.29 is 56.3 Å². The number of hydrogen-bond acceptors (Lipinski definition) is 19. The maximum absolute atomic E-state index is 14.2. The van der Waals surface area contributed by atoms with Crippen molar-refractivity contribution in [1.29, 1.82) is 0 Å². The SMILES string of the molecule is CC1(C)CCC(CN2CCN(c3ccc(C(=O)NS(=O)(=O)c4ccc(NCC5CCN(CCOCCOCCOCCNc6cccc7c6C(=O)N(C6CCC(=O)NC6=O)C7=O)CC5)c([N+](=O)[O-])c4)c(Oc4cnc5[nH]ccc5c4)c3)CC2)=C(c2ccc(Cl)cc2)C1. The summed E-state index contributed by atoms with van der Waals surface area (Å²) in [5, 5.41) is 22.5. The summed E-state index contributed by atoms with van der Waals surface area (Å²) in [6.45, 7) is 13.9. The molecule has 5 N–H and O–H groups in total. The number of piperidine rings is 2. The predicted octanol–water partition coefficient (Wildman–Crippen LogP) is 8.51. The highest BCUT2D eigenvalue weighted by Gasteiger charge is 2.46. The number of nitrogens with zero attached hydrogens (tertiary/aromatic N) is 6. The molecule has 1 aliphatic carbocycles. The quantitative estimate of drug-likeness (QED) is 0.0140. The highest BCUT2D eigenvalue weighted by atomic mass is 35.5. The molecular weight excluding hydrogens is 1220 g/mol.